The lowest BCUT2D eigenvalue weighted by molar-refractivity contribution is -0.383. The number of aromatic nitrogens is 3. The molecule has 13 heteroatoms. The van der Waals surface area contributed by atoms with E-state index in [1.54, 1.807) is 0 Å². The van der Waals surface area contributed by atoms with Crippen molar-refractivity contribution in [2.75, 3.05) is 23.8 Å². The van der Waals surface area contributed by atoms with Gasteiger partial charge < -0.3 is 15.4 Å². The maximum atomic E-state index is 12.7. The van der Waals surface area contributed by atoms with Gasteiger partial charge in [0.2, 0.25) is 11.6 Å². The minimum atomic E-state index is -4.62. The Morgan fingerprint density at radius 3 is 2.64 bits per heavy atom. The average Bonchev–Trinajstić information content (AvgIpc) is 3.14. The van der Waals surface area contributed by atoms with Gasteiger partial charge in [-0.05, 0) is 18.9 Å². The molecule has 2 aromatic rings. The van der Waals surface area contributed by atoms with Crippen LogP contribution in [-0.4, -0.2) is 39.1 Å². The Morgan fingerprint density at radius 1 is 1.29 bits per heavy atom. The number of nitrogens with zero attached hydrogens (tertiary/aromatic N) is 4. The van der Waals surface area contributed by atoms with Crippen molar-refractivity contribution in [2.45, 2.75) is 25.1 Å². The van der Waals surface area contributed by atoms with Gasteiger partial charge in [0.05, 0.1) is 21.6 Å². The van der Waals surface area contributed by atoms with Crippen LogP contribution in [0.1, 0.15) is 18.4 Å². The largest absolute Gasteiger partial charge is 0.417 e. The van der Waals surface area contributed by atoms with Crippen LogP contribution in [-0.2, 0) is 10.9 Å². The van der Waals surface area contributed by atoms with Crippen LogP contribution in [0.3, 0.4) is 0 Å². The SMILES string of the molecule is O=[N+]([O-])c1c(NCC2CCCO2)ncnc1Nc1ncc(C(F)(F)F)cc1Cl. The van der Waals surface area contributed by atoms with Crippen molar-refractivity contribution in [1.29, 1.82) is 0 Å². The number of pyridine rings is 1. The maximum absolute atomic E-state index is 12.7. The predicted octanol–water partition coefficient (Wildman–Crippen LogP) is 3.79. The van der Waals surface area contributed by atoms with Crippen LogP contribution in [0.4, 0.5) is 36.3 Å². The second kappa shape index (κ2) is 8.10. The van der Waals surface area contributed by atoms with Crippen molar-refractivity contribution in [3.05, 3.63) is 39.3 Å². The van der Waals surface area contributed by atoms with Crippen LogP contribution in [0, 0.1) is 10.1 Å². The fourth-order valence-corrected chi connectivity index (χ4v) is 2.80. The van der Waals surface area contributed by atoms with Crippen LogP contribution >= 0.6 is 11.6 Å². The Morgan fingerprint density at radius 2 is 2.04 bits per heavy atom. The molecule has 0 aromatic carbocycles. The summed E-state index contributed by atoms with van der Waals surface area (Å²) in [6.45, 7) is 0.944. The zero-order valence-electron chi connectivity index (χ0n) is 14.2. The molecule has 0 bridgehead atoms. The third-order valence-electron chi connectivity index (χ3n) is 3.93. The van der Waals surface area contributed by atoms with E-state index in [0.717, 1.165) is 19.2 Å². The molecule has 9 nitrogen and oxygen atoms in total. The highest BCUT2D eigenvalue weighted by Crippen LogP contribution is 2.35. The lowest BCUT2D eigenvalue weighted by Gasteiger charge is -2.13. The number of nitrogens with one attached hydrogen (secondary N) is 2. The smallest absolute Gasteiger partial charge is 0.376 e. The zero-order valence-corrected chi connectivity index (χ0v) is 14.9. The Balaban J connectivity index is 1.85. The van der Waals surface area contributed by atoms with Gasteiger partial charge in [-0.2, -0.15) is 13.2 Å². The molecule has 0 saturated carbocycles. The molecule has 2 aromatic heterocycles. The number of nitro groups is 1. The van der Waals surface area contributed by atoms with Crippen molar-refractivity contribution in [3.8, 4) is 0 Å². The third-order valence-corrected chi connectivity index (χ3v) is 4.22. The maximum Gasteiger partial charge on any atom is 0.417 e. The molecule has 1 atom stereocenters. The molecular weight excluding hydrogens is 405 g/mol. The summed E-state index contributed by atoms with van der Waals surface area (Å²) in [4.78, 5) is 22.1. The Bertz CT molecular complexity index is 877. The second-order valence-corrected chi connectivity index (χ2v) is 6.28. The highest BCUT2D eigenvalue weighted by Gasteiger charge is 2.32. The van der Waals surface area contributed by atoms with Gasteiger partial charge in [0.1, 0.15) is 6.33 Å². The van der Waals surface area contributed by atoms with E-state index < -0.39 is 22.4 Å². The quantitative estimate of drug-likeness (QED) is 0.538. The summed E-state index contributed by atoms with van der Waals surface area (Å²) in [6, 6.07) is 0.667. The minimum absolute atomic E-state index is 0.0546. The summed E-state index contributed by atoms with van der Waals surface area (Å²) in [6.07, 6.45) is -1.33. The normalized spacial score (nSPS) is 16.8. The number of anilines is 3. The molecule has 1 aliphatic heterocycles. The summed E-state index contributed by atoms with van der Waals surface area (Å²) in [5.41, 5.74) is -1.53. The van der Waals surface area contributed by atoms with E-state index >= 15 is 0 Å². The van der Waals surface area contributed by atoms with Gasteiger partial charge in [-0.1, -0.05) is 11.6 Å². The molecule has 1 aliphatic rings. The number of halogens is 4. The Kier molecular flexibility index (Phi) is 5.79. The summed E-state index contributed by atoms with van der Waals surface area (Å²) in [7, 11) is 0. The molecule has 1 saturated heterocycles. The van der Waals surface area contributed by atoms with Crippen molar-refractivity contribution in [2.24, 2.45) is 0 Å². The standard InChI is InChI=1S/C15H14ClF3N6O3/c16-10-4-8(15(17,18)19)5-20-12(10)24-14-11(25(26)27)13(22-7-23-14)21-6-9-2-1-3-28-9/h4-5,7,9H,1-3,6H2,(H2,20,21,22,23,24). The van der Waals surface area contributed by atoms with Crippen LogP contribution < -0.4 is 10.6 Å². The number of hydrogen-bond donors (Lipinski definition) is 2. The highest BCUT2D eigenvalue weighted by molar-refractivity contribution is 6.33. The monoisotopic (exact) mass is 418 g/mol. The van der Waals surface area contributed by atoms with Gasteiger partial charge >= 0.3 is 11.9 Å². The van der Waals surface area contributed by atoms with Crippen molar-refractivity contribution in [1.82, 2.24) is 15.0 Å². The molecule has 2 N–H and O–H groups in total. The fraction of sp³-hybridized carbons (Fsp3) is 0.400. The first kappa shape index (κ1) is 20.0. The van der Waals surface area contributed by atoms with E-state index in [2.05, 4.69) is 25.6 Å². The molecule has 150 valence electrons. The summed E-state index contributed by atoms with van der Waals surface area (Å²) in [5.74, 6) is -0.522. The van der Waals surface area contributed by atoms with Crippen molar-refractivity contribution in [3.63, 3.8) is 0 Å². The summed E-state index contributed by atoms with van der Waals surface area (Å²) >= 11 is 5.83. The van der Waals surface area contributed by atoms with E-state index in [0.29, 0.717) is 25.4 Å². The fourth-order valence-electron chi connectivity index (χ4n) is 2.59. The van der Waals surface area contributed by atoms with Crippen molar-refractivity contribution < 1.29 is 22.8 Å². The van der Waals surface area contributed by atoms with Gasteiger partial charge in [-0.15, -0.1) is 0 Å². The molecule has 0 aliphatic carbocycles. The molecule has 0 amide bonds. The number of alkyl halides is 3. The van der Waals surface area contributed by atoms with E-state index in [1.807, 2.05) is 0 Å². The first-order chi connectivity index (χ1) is 13.3. The molecule has 1 fully saturated rings. The Hall–Kier alpha value is -2.73. The first-order valence-corrected chi connectivity index (χ1v) is 8.48. The molecular formula is C15H14ClF3N6O3. The van der Waals surface area contributed by atoms with Gasteiger partial charge in [-0.3, -0.25) is 10.1 Å². The van der Waals surface area contributed by atoms with Gasteiger partial charge in [0.25, 0.3) is 0 Å². The summed E-state index contributed by atoms with van der Waals surface area (Å²) in [5, 5.41) is 16.5. The van der Waals surface area contributed by atoms with E-state index in [9.17, 15) is 23.3 Å². The van der Waals surface area contributed by atoms with Gasteiger partial charge in [0.15, 0.2) is 5.82 Å². The van der Waals surface area contributed by atoms with Crippen LogP contribution in [0.15, 0.2) is 18.6 Å². The van der Waals surface area contributed by atoms with Gasteiger partial charge in [-0.25, -0.2) is 15.0 Å². The molecule has 0 radical (unpaired) electrons. The molecule has 28 heavy (non-hydrogen) atoms. The topological polar surface area (TPSA) is 115 Å². The lowest BCUT2D eigenvalue weighted by Crippen LogP contribution is -2.20. The number of hydrogen-bond acceptors (Lipinski definition) is 8. The molecule has 1 unspecified atom stereocenters. The van der Waals surface area contributed by atoms with E-state index in [-0.39, 0.29) is 28.6 Å². The Labute approximate surface area is 161 Å². The molecule has 3 rings (SSSR count). The lowest BCUT2D eigenvalue weighted by atomic mass is 10.2. The summed E-state index contributed by atoms with van der Waals surface area (Å²) < 4.78 is 43.6. The van der Waals surface area contributed by atoms with E-state index in [1.165, 1.54) is 0 Å². The van der Waals surface area contributed by atoms with Crippen LogP contribution in [0.2, 0.25) is 5.02 Å². The van der Waals surface area contributed by atoms with Crippen LogP contribution in [0.5, 0.6) is 0 Å². The van der Waals surface area contributed by atoms with Crippen molar-refractivity contribution >= 4 is 34.7 Å². The average molecular weight is 419 g/mol. The van der Waals surface area contributed by atoms with E-state index in [4.69, 9.17) is 16.3 Å². The zero-order chi connectivity index (χ0) is 20.3. The number of rotatable bonds is 6. The van der Waals surface area contributed by atoms with Crippen LogP contribution in [0.25, 0.3) is 0 Å². The van der Waals surface area contributed by atoms with Gasteiger partial charge in [0, 0.05) is 19.3 Å². The number of ether oxygens (including phenoxy) is 1. The molecule has 0 spiro atoms. The third kappa shape index (κ3) is 4.57. The highest BCUT2D eigenvalue weighted by atomic mass is 35.5. The predicted molar refractivity (Wildman–Crippen MR) is 93.7 cm³/mol. The molecule has 3 heterocycles. The second-order valence-electron chi connectivity index (χ2n) is 5.87. The minimum Gasteiger partial charge on any atom is -0.376 e. The first-order valence-electron chi connectivity index (χ1n) is 8.10.